The van der Waals surface area contributed by atoms with E-state index in [1.807, 2.05) is 12.1 Å². The molecule has 0 spiro atoms. The number of pyridine rings is 1. The summed E-state index contributed by atoms with van der Waals surface area (Å²) in [6.45, 7) is 2.22. The van der Waals surface area contributed by atoms with E-state index in [2.05, 4.69) is 17.2 Å². The van der Waals surface area contributed by atoms with Gasteiger partial charge >= 0.3 is 0 Å². The lowest BCUT2D eigenvalue weighted by Crippen LogP contribution is -2.20. The van der Waals surface area contributed by atoms with Gasteiger partial charge in [-0.2, -0.15) is 0 Å². The first-order valence-electron chi connectivity index (χ1n) is 5.27. The van der Waals surface area contributed by atoms with Gasteiger partial charge in [-0.15, -0.1) is 0 Å². The van der Waals surface area contributed by atoms with Gasteiger partial charge in [-0.25, -0.2) is 4.98 Å². The Kier molecular flexibility index (Phi) is 2.57. The molecule has 1 aliphatic carbocycles. The van der Waals surface area contributed by atoms with Crippen molar-refractivity contribution in [3.05, 3.63) is 18.3 Å². The molecule has 0 aliphatic heterocycles. The Morgan fingerprint density at radius 1 is 1.64 bits per heavy atom. The fraction of sp³-hybridized carbons (Fsp3) is 0.545. The number of rotatable bonds is 4. The Morgan fingerprint density at radius 3 is 3.00 bits per heavy atom. The molecule has 2 rings (SSSR count). The number of nitrogens with one attached hydrogen (secondary N) is 1. The second-order valence-corrected chi connectivity index (χ2v) is 3.97. The second kappa shape index (κ2) is 3.86. The van der Waals surface area contributed by atoms with Gasteiger partial charge in [0.1, 0.15) is 5.82 Å². The minimum absolute atomic E-state index is 0.584. The molecule has 1 atom stereocenters. The molecule has 3 N–H and O–H groups in total. The van der Waals surface area contributed by atoms with Gasteiger partial charge in [-0.1, -0.05) is 6.92 Å². The summed E-state index contributed by atoms with van der Waals surface area (Å²) in [6, 6.07) is 4.48. The summed E-state index contributed by atoms with van der Waals surface area (Å²) in [4.78, 5) is 3.97. The van der Waals surface area contributed by atoms with Gasteiger partial charge in [0.05, 0.1) is 0 Å². The fourth-order valence-corrected chi connectivity index (χ4v) is 1.80. The number of hydrogen-bond donors (Lipinski definition) is 2. The average molecular weight is 191 g/mol. The second-order valence-electron chi connectivity index (χ2n) is 3.97. The van der Waals surface area contributed by atoms with Gasteiger partial charge in [0.15, 0.2) is 0 Å². The first-order chi connectivity index (χ1) is 6.79. The van der Waals surface area contributed by atoms with Crippen LogP contribution in [0.15, 0.2) is 18.3 Å². The van der Waals surface area contributed by atoms with Crippen LogP contribution < -0.4 is 11.1 Å². The SMILES string of the molecule is CCC(Nc1ccnc(N)c1)C1CC1. The molecule has 3 nitrogen and oxygen atoms in total. The van der Waals surface area contributed by atoms with Crippen LogP contribution in [0.1, 0.15) is 26.2 Å². The summed E-state index contributed by atoms with van der Waals surface area (Å²) in [6.07, 6.45) is 5.66. The Morgan fingerprint density at radius 2 is 2.43 bits per heavy atom. The molecule has 14 heavy (non-hydrogen) atoms. The van der Waals surface area contributed by atoms with Gasteiger partial charge in [-0.05, 0) is 31.2 Å². The quantitative estimate of drug-likeness (QED) is 0.767. The lowest BCUT2D eigenvalue weighted by molar-refractivity contribution is 0.616. The largest absolute Gasteiger partial charge is 0.384 e. The van der Waals surface area contributed by atoms with Gasteiger partial charge in [0, 0.05) is 24.0 Å². The molecule has 1 aliphatic rings. The van der Waals surface area contributed by atoms with Crippen LogP contribution in [0.2, 0.25) is 0 Å². The molecule has 0 aromatic carbocycles. The van der Waals surface area contributed by atoms with Gasteiger partial charge in [-0.3, -0.25) is 0 Å². The van der Waals surface area contributed by atoms with E-state index in [0.29, 0.717) is 11.9 Å². The Hall–Kier alpha value is -1.25. The number of nitrogens with two attached hydrogens (primary N) is 1. The van der Waals surface area contributed by atoms with Crippen LogP contribution in [0.5, 0.6) is 0 Å². The molecule has 0 amide bonds. The van der Waals surface area contributed by atoms with Crippen molar-refractivity contribution in [2.24, 2.45) is 5.92 Å². The number of nitrogens with zero attached hydrogens (tertiary/aromatic N) is 1. The third kappa shape index (κ3) is 2.16. The minimum atomic E-state index is 0.584. The van der Waals surface area contributed by atoms with E-state index >= 15 is 0 Å². The molecule has 1 aromatic rings. The lowest BCUT2D eigenvalue weighted by atomic mass is 10.1. The highest BCUT2D eigenvalue weighted by atomic mass is 14.9. The van der Waals surface area contributed by atoms with Crippen LogP contribution >= 0.6 is 0 Å². The van der Waals surface area contributed by atoms with Crippen molar-refractivity contribution in [3.63, 3.8) is 0 Å². The molecule has 1 heterocycles. The summed E-state index contributed by atoms with van der Waals surface area (Å²) >= 11 is 0. The molecular weight excluding hydrogens is 174 g/mol. The molecular formula is C11H17N3. The maximum absolute atomic E-state index is 5.62. The molecule has 1 aromatic heterocycles. The zero-order valence-corrected chi connectivity index (χ0v) is 8.53. The fourth-order valence-electron chi connectivity index (χ4n) is 1.80. The molecule has 0 bridgehead atoms. The lowest BCUT2D eigenvalue weighted by Gasteiger charge is -2.17. The van der Waals surface area contributed by atoms with Crippen LogP contribution in [0.25, 0.3) is 0 Å². The molecule has 1 fully saturated rings. The van der Waals surface area contributed by atoms with Crippen LogP contribution in [-0.2, 0) is 0 Å². The van der Waals surface area contributed by atoms with Crippen LogP contribution in [0.4, 0.5) is 11.5 Å². The van der Waals surface area contributed by atoms with E-state index in [1.54, 1.807) is 6.20 Å². The highest BCUT2D eigenvalue weighted by Crippen LogP contribution is 2.35. The maximum Gasteiger partial charge on any atom is 0.125 e. The van der Waals surface area contributed by atoms with Crippen molar-refractivity contribution >= 4 is 11.5 Å². The normalized spacial score (nSPS) is 17.8. The summed E-state index contributed by atoms with van der Waals surface area (Å²) in [5, 5.41) is 3.51. The topological polar surface area (TPSA) is 50.9 Å². The van der Waals surface area contributed by atoms with Crippen molar-refractivity contribution < 1.29 is 0 Å². The van der Waals surface area contributed by atoms with Crippen molar-refractivity contribution in [2.75, 3.05) is 11.1 Å². The van der Waals surface area contributed by atoms with Gasteiger partial charge in [0.2, 0.25) is 0 Å². The summed E-state index contributed by atoms with van der Waals surface area (Å²) in [7, 11) is 0. The van der Waals surface area contributed by atoms with E-state index in [4.69, 9.17) is 5.73 Å². The van der Waals surface area contributed by atoms with Crippen molar-refractivity contribution in [1.82, 2.24) is 4.98 Å². The van der Waals surface area contributed by atoms with E-state index in [-0.39, 0.29) is 0 Å². The number of hydrogen-bond acceptors (Lipinski definition) is 3. The van der Waals surface area contributed by atoms with Crippen LogP contribution in [0.3, 0.4) is 0 Å². The maximum atomic E-state index is 5.62. The van der Waals surface area contributed by atoms with Crippen molar-refractivity contribution in [3.8, 4) is 0 Å². The van der Waals surface area contributed by atoms with Crippen molar-refractivity contribution in [1.29, 1.82) is 0 Å². The molecule has 1 unspecified atom stereocenters. The predicted molar refractivity (Wildman–Crippen MR) is 59.1 cm³/mol. The molecule has 76 valence electrons. The monoisotopic (exact) mass is 191 g/mol. The first-order valence-corrected chi connectivity index (χ1v) is 5.27. The van der Waals surface area contributed by atoms with E-state index < -0.39 is 0 Å². The summed E-state index contributed by atoms with van der Waals surface area (Å²) < 4.78 is 0. The predicted octanol–water partition coefficient (Wildman–Crippen LogP) is 2.26. The summed E-state index contributed by atoms with van der Waals surface area (Å²) in [5.74, 6) is 1.45. The minimum Gasteiger partial charge on any atom is -0.384 e. The van der Waals surface area contributed by atoms with Gasteiger partial charge in [0.25, 0.3) is 0 Å². The molecule has 3 heteroatoms. The molecule has 0 saturated heterocycles. The highest BCUT2D eigenvalue weighted by molar-refractivity contribution is 5.50. The van der Waals surface area contributed by atoms with Crippen LogP contribution in [0, 0.1) is 5.92 Å². The highest BCUT2D eigenvalue weighted by Gasteiger charge is 2.29. The number of aromatic nitrogens is 1. The Balaban J connectivity index is 2.01. The van der Waals surface area contributed by atoms with E-state index in [0.717, 1.165) is 11.6 Å². The van der Waals surface area contributed by atoms with E-state index in [1.165, 1.54) is 19.3 Å². The number of nitrogen functional groups attached to an aromatic ring is 1. The average Bonchev–Trinajstić information content (AvgIpc) is 2.97. The Labute approximate surface area is 84.7 Å². The van der Waals surface area contributed by atoms with Crippen LogP contribution in [-0.4, -0.2) is 11.0 Å². The Bertz CT molecular complexity index is 307. The van der Waals surface area contributed by atoms with E-state index in [9.17, 15) is 0 Å². The zero-order valence-electron chi connectivity index (χ0n) is 8.53. The zero-order chi connectivity index (χ0) is 9.97. The van der Waals surface area contributed by atoms with Gasteiger partial charge < -0.3 is 11.1 Å². The first kappa shape index (κ1) is 9.31. The smallest absolute Gasteiger partial charge is 0.125 e. The number of anilines is 2. The third-order valence-electron chi connectivity index (χ3n) is 2.76. The van der Waals surface area contributed by atoms with Crippen molar-refractivity contribution in [2.45, 2.75) is 32.2 Å². The molecule has 0 radical (unpaired) electrons. The summed E-state index contributed by atoms with van der Waals surface area (Å²) in [5.41, 5.74) is 6.71. The standard InChI is InChI=1S/C11H17N3/c1-2-10(8-3-4-8)14-9-5-6-13-11(12)7-9/h5-8,10H,2-4H2,1H3,(H3,12,13,14). The molecule has 1 saturated carbocycles. The third-order valence-corrected chi connectivity index (χ3v) is 2.76.